The van der Waals surface area contributed by atoms with Crippen LogP contribution in [0.5, 0.6) is 0 Å². The number of hydrogen-bond acceptors (Lipinski definition) is 5. The Kier molecular flexibility index (Phi) is 7.65. The van der Waals surface area contributed by atoms with Gasteiger partial charge in [-0.25, -0.2) is 0 Å². The Labute approximate surface area is 107 Å². The molecule has 0 heterocycles. The van der Waals surface area contributed by atoms with Crippen molar-refractivity contribution in [3.8, 4) is 0 Å². The number of aliphatic hydroxyl groups excluding tert-OH is 2. The van der Waals surface area contributed by atoms with Crippen molar-refractivity contribution in [2.24, 2.45) is 0 Å². The highest BCUT2D eigenvalue weighted by molar-refractivity contribution is 5.85. The van der Waals surface area contributed by atoms with E-state index in [4.69, 9.17) is 21.7 Å². The number of benzene rings is 1. The van der Waals surface area contributed by atoms with Crippen LogP contribution < -0.4 is 11.5 Å². The van der Waals surface area contributed by atoms with E-state index in [1.807, 2.05) is 11.0 Å². The molecule has 1 aromatic rings. The van der Waals surface area contributed by atoms with E-state index in [0.29, 0.717) is 31.0 Å². The lowest BCUT2D eigenvalue weighted by atomic mass is 10.1. The number of halogens is 1. The number of rotatable bonds is 6. The van der Waals surface area contributed by atoms with Gasteiger partial charge >= 0.3 is 0 Å². The lowest BCUT2D eigenvalue weighted by molar-refractivity contribution is 0.156. The lowest BCUT2D eigenvalue weighted by Gasteiger charge is -2.21. The first-order chi connectivity index (χ1) is 7.67. The van der Waals surface area contributed by atoms with Gasteiger partial charge in [-0.3, -0.25) is 4.90 Å². The zero-order valence-corrected chi connectivity index (χ0v) is 10.5. The van der Waals surface area contributed by atoms with Crippen LogP contribution in [0.15, 0.2) is 18.2 Å². The molecular formula is C11H20ClN3O2. The molecule has 0 aliphatic carbocycles. The predicted molar refractivity (Wildman–Crippen MR) is 72.0 cm³/mol. The number of nitrogens with zero attached hydrogens (tertiary/aromatic N) is 1. The minimum absolute atomic E-state index is 0. The molecule has 0 aliphatic heterocycles. The minimum Gasteiger partial charge on any atom is -0.399 e. The van der Waals surface area contributed by atoms with Gasteiger partial charge in [-0.15, -0.1) is 12.4 Å². The van der Waals surface area contributed by atoms with Crippen LogP contribution in [-0.4, -0.2) is 41.4 Å². The summed E-state index contributed by atoms with van der Waals surface area (Å²) in [6.07, 6.45) is 0. The summed E-state index contributed by atoms with van der Waals surface area (Å²) in [4.78, 5) is 1.92. The first kappa shape index (κ1) is 16.0. The summed E-state index contributed by atoms with van der Waals surface area (Å²) >= 11 is 0. The van der Waals surface area contributed by atoms with Crippen molar-refractivity contribution in [3.05, 3.63) is 23.8 Å². The van der Waals surface area contributed by atoms with E-state index in [1.165, 1.54) is 0 Å². The smallest absolute Gasteiger partial charge is 0.0558 e. The molecule has 0 bridgehead atoms. The van der Waals surface area contributed by atoms with Gasteiger partial charge in [-0.2, -0.15) is 0 Å². The normalized spacial score (nSPS) is 10.3. The third-order valence-corrected chi connectivity index (χ3v) is 2.39. The van der Waals surface area contributed by atoms with Crippen LogP contribution in [0.3, 0.4) is 0 Å². The van der Waals surface area contributed by atoms with Crippen LogP contribution in [0.25, 0.3) is 0 Å². The topological polar surface area (TPSA) is 95.7 Å². The molecule has 1 aromatic carbocycles. The van der Waals surface area contributed by atoms with Gasteiger partial charge in [0.05, 0.1) is 13.2 Å². The van der Waals surface area contributed by atoms with Crippen molar-refractivity contribution in [1.82, 2.24) is 4.90 Å². The Morgan fingerprint density at radius 2 is 1.65 bits per heavy atom. The molecule has 0 atom stereocenters. The molecule has 0 radical (unpaired) electrons. The predicted octanol–water partition coefficient (Wildman–Crippen LogP) is 0.0594. The summed E-state index contributed by atoms with van der Waals surface area (Å²) in [6, 6.07) is 5.33. The molecule has 6 N–H and O–H groups in total. The van der Waals surface area contributed by atoms with Crippen molar-refractivity contribution in [2.75, 3.05) is 37.8 Å². The van der Waals surface area contributed by atoms with E-state index in [0.717, 1.165) is 5.56 Å². The van der Waals surface area contributed by atoms with Crippen LogP contribution in [0.1, 0.15) is 5.56 Å². The van der Waals surface area contributed by atoms with Gasteiger partial charge in [0.1, 0.15) is 0 Å². The van der Waals surface area contributed by atoms with Crippen molar-refractivity contribution >= 4 is 23.8 Å². The van der Waals surface area contributed by atoms with Crippen LogP contribution in [0.2, 0.25) is 0 Å². The molecule has 1 rings (SSSR count). The van der Waals surface area contributed by atoms with Gasteiger partial charge in [0.2, 0.25) is 0 Å². The third kappa shape index (κ3) is 5.23. The molecule has 0 spiro atoms. The van der Waals surface area contributed by atoms with Crippen LogP contribution in [0.4, 0.5) is 11.4 Å². The largest absolute Gasteiger partial charge is 0.399 e. The Morgan fingerprint density at radius 1 is 1.06 bits per heavy atom. The zero-order valence-electron chi connectivity index (χ0n) is 9.67. The quantitative estimate of drug-likeness (QED) is 0.543. The van der Waals surface area contributed by atoms with E-state index >= 15 is 0 Å². The average molecular weight is 262 g/mol. The molecule has 0 aromatic heterocycles. The maximum absolute atomic E-state index is 8.89. The zero-order chi connectivity index (χ0) is 12.0. The number of anilines is 2. The van der Waals surface area contributed by atoms with E-state index in [9.17, 15) is 0 Å². The molecule has 5 nitrogen and oxygen atoms in total. The molecule has 0 saturated heterocycles. The van der Waals surface area contributed by atoms with E-state index in [1.54, 1.807) is 12.1 Å². The highest BCUT2D eigenvalue weighted by Crippen LogP contribution is 2.17. The molecule has 0 saturated carbocycles. The maximum Gasteiger partial charge on any atom is 0.0558 e. The highest BCUT2D eigenvalue weighted by atomic mass is 35.5. The monoisotopic (exact) mass is 261 g/mol. The molecule has 98 valence electrons. The molecule has 0 amide bonds. The average Bonchev–Trinajstić information content (AvgIpc) is 2.24. The Balaban J connectivity index is 0.00000256. The molecule has 17 heavy (non-hydrogen) atoms. The second-order valence-corrected chi connectivity index (χ2v) is 3.68. The Bertz CT molecular complexity index is 330. The SMILES string of the molecule is Cl.Nc1ccc(N)c(CN(CCO)CCO)c1. The summed E-state index contributed by atoms with van der Waals surface area (Å²) < 4.78 is 0. The van der Waals surface area contributed by atoms with Crippen LogP contribution in [-0.2, 0) is 6.54 Å². The van der Waals surface area contributed by atoms with Crippen molar-refractivity contribution in [3.63, 3.8) is 0 Å². The number of hydrogen-bond donors (Lipinski definition) is 4. The maximum atomic E-state index is 8.89. The second kappa shape index (κ2) is 8.14. The fourth-order valence-electron chi connectivity index (χ4n) is 1.56. The van der Waals surface area contributed by atoms with E-state index in [2.05, 4.69) is 0 Å². The van der Waals surface area contributed by atoms with Gasteiger partial charge < -0.3 is 21.7 Å². The fraction of sp³-hybridized carbons (Fsp3) is 0.455. The Morgan fingerprint density at radius 3 is 2.18 bits per heavy atom. The number of nitrogen functional groups attached to an aromatic ring is 2. The fourth-order valence-corrected chi connectivity index (χ4v) is 1.56. The summed E-state index contributed by atoms with van der Waals surface area (Å²) in [6.45, 7) is 1.71. The first-order valence-electron chi connectivity index (χ1n) is 5.25. The van der Waals surface area contributed by atoms with Gasteiger partial charge in [-0.1, -0.05) is 0 Å². The van der Waals surface area contributed by atoms with Crippen molar-refractivity contribution in [1.29, 1.82) is 0 Å². The molecule has 0 aliphatic rings. The van der Waals surface area contributed by atoms with Crippen molar-refractivity contribution < 1.29 is 10.2 Å². The highest BCUT2D eigenvalue weighted by Gasteiger charge is 2.07. The van der Waals surface area contributed by atoms with Crippen molar-refractivity contribution in [2.45, 2.75) is 6.54 Å². The number of nitrogens with two attached hydrogens (primary N) is 2. The molecular weight excluding hydrogens is 242 g/mol. The van der Waals surface area contributed by atoms with E-state index < -0.39 is 0 Å². The number of aliphatic hydroxyl groups is 2. The summed E-state index contributed by atoms with van der Waals surface area (Å²) in [5.41, 5.74) is 13.8. The molecule has 6 heteroatoms. The van der Waals surface area contributed by atoms with Gasteiger partial charge in [0.25, 0.3) is 0 Å². The third-order valence-electron chi connectivity index (χ3n) is 2.39. The van der Waals surface area contributed by atoms with Gasteiger partial charge in [-0.05, 0) is 23.8 Å². The molecule has 0 unspecified atom stereocenters. The molecule has 0 fully saturated rings. The first-order valence-corrected chi connectivity index (χ1v) is 5.25. The van der Waals surface area contributed by atoms with Gasteiger partial charge in [0, 0.05) is 31.0 Å². The lowest BCUT2D eigenvalue weighted by Crippen LogP contribution is -2.29. The van der Waals surface area contributed by atoms with Crippen LogP contribution in [0, 0.1) is 0 Å². The van der Waals surface area contributed by atoms with E-state index in [-0.39, 0.29) is 25.6 Å². The second-order valence-electron chi connectivity index (χ2n) is 3.68. The summed E-state index contributed by atoms with van der Waals surface area (Å²) in [5, 5.41) is 17.8. The standard InChI is InChI=1S/C11H19N3O2.ClH/c12-10-1-2-11(13)9(7-10)8-14(3-5-15)4-6-16;/h1-2,7,15-16H,3-6,8,12-13H2;1H. The van der Waals surface area contributed by atoms with Crippen LogP contribution >= 0.6 is 12.4 Å². The Hall–Kier alpha value is -1.01. The minimum atomic E-state index is 0. The van der Waals surface area contributed by atoms with Gasteiger partial charge in [0.15, 0.2) is 0 Å². The summed E-state index contributed by atoms with van der Waals surface area (Å²) in [5.74, 6) is 0. The summed E-state index contributed by atoms with van der Waals surface area (Å²) in [7, 11) is 0.